The van der Waals surface area contributed by atoms with Crippen LogP contribution in [0.3, 0.4) is 0 Å². The van der Waals surface area contributed by atoms with Gasteiger partial charge in [0.05, 0.1) is 0 Å². The van der Waals surface area contributed by atoms with Crippen molar-refractivity contribution in [3.05, 3.63) is 65.2 Å². The number of benzene rings is 2. The van der Waals surface area contributed by atoms with E-state index >= 15 is 0 Å². The number of carbonyl (C=O) groups is 1. The number of aryl methyl sites for hydroxylation is 1. The van der Waals surface area contributed by atoms with Crippen molar-refractivity contribution in [2.75, 3.05) is 19.0 Å². The van der Waals surface area contributed by atoms with E-state index in [1.807, 2.05) is 43.3 Å². The Kier molecular flexibility index (Phi) is 4.14. The van der Waals surface area contributed by atoms with Gasteiger partial charge < -0.3 is 10.2 Å². The molecule has 1 unspecified atom stereocenters. The number of hydrogen-bond acceptors (Lipinski definition) is 2. The second-order valence-electron chi connectivity index (χ2n) is 6.12. The van der Waals surface area contributed by atoms with Gasteiger partial charge in [0.25, 0.3) is 5.91 Å². The highest BCUT2D eigenvalue weighted by Crippen LogP contribution is 2.21. The summed E-state index contributed by atoms with van der Waals surface area (Å²) in [7, 11) is 3.99. The van der Waals surface area contributed by atoms with Gasteiger partial charge in [0.15, 0.2) is 0 Å². The summed E-state index contributed by atoms with van der Waals surface area (Å²) in [6.07, 6.45) is 2.98. The smallest absolute Gasteiger partial charge is 0.251 e. The Balaban J connectivity index is 1.65. The van der Waals surface area contributed by atoms with E-state index in [1.165, 1.54) is 11.1 Å². The molecule has 0 saturated carbocycles. The first kappa shape index (κ1) is 14.6. The van der Waals surface area contributed by atoms with Gasteiger partial charge in [0.1, 0.15) is 0 Å². The summed E-state index contributed by atoms with van der Waals surface area (Å²) in [5.74, 6) is 0.0229. The number of anilines is 1. The minimum Gasteiger partial charge on any atom is -0.378 e. The SMILES string of the molecule is CN(C)c1ccc(C(=O)NC2CCc3ccccc3C2)cc1. The van der Waals surface area contributed by atoms with E-state index in [0.29, 0.717) is 0 Å². The highest BCUT2D eigenvalue weighted by Gasteiger charge is 2.20. The third-order valence-corrected chi connectivity index (χ3v) is 4.33. The topological polar surface area (TPSA) is 32.3 Å². The monoisotopic (exact) mass is 294 g/mol. The maximum atomic E-state index is 12.4. The van der Waals surface area contributed by atoms with Crippen molar-refractivity contribution in [3.8, 4) is 0 Å². The normalized spacial score (nSPS) is 16.7. The predicted octanol–water partition coefficient (Wildman–Crippen LogP) is 3.04. The molecule has 0 radical (unpaired) electrons. The Labute approximate surface area is 132 Å². The molecule has 0 aromatic heterocycles. The van der Waals surface area contributed by atoms with Crippen molar-refractivity contribution >= 4 is 11.6 Å². The lowest BCUT2D eigenvalue weighted by molar-refractivity contribution is 0.0933. The molecule has 1 aliphatic carbocycles. The molecule has 2 aromatic carbocycles. The number of amides is 1. The quantitative estimate of drug-likeness (QED) is 0.943. The minimum atomic E-state index is 0.0229. The van der Waals surface area contributed by atoms with E-state index in [0.717, 1.165) is 30.5 Å². The minimum absolute atomic E-state index is 0.0229. The zero-order chi connectivity index (χ0) is 15.5. The molecule has 2 aromatic rings. The summed E-state index contributed by atoms with van der Waals surface area (Å²) in [6.45, 7) is 0. The van der Waals surface area contributed by atoms with Gasteiger partial charge in [-0.05, 0) is 54.7 Å². The van der Waals surface area contributed by atoms with Crippen LogP contribution >= 0.6 is 0 Å². The standard InChI is InChI=1S/C19H22N2O/c1-21(2)18-11-8-15(9-12-18)19(22)20-17-10-7-14-5-3-4-6-16(14)13-17/h3-6,8-9,11-12,17H,7,10,13H2,1-2H3,(H,20,22). The molecular weight excluding hydrogens is 272 g/mol. The number of hydrogen-bond donors (Lipinski definition) is 1. The molecule has 3 nitrogen and oxygen atoms in total. The first-order chi connectivity index (χ1) is 10.6. The van der Waals surface area contributed by atoms with Crippen LogP contribution in [0.2, 0.25) is 0 Å². The number of nitrogens with one attached hydrogen (secondary N) is 1. The van der Waals surface area contributed by atoms with Crippen LogP contribution in [0, 0.1) is 0 Å². The molecule has 114 valence electrons. The van der Waals surface area contributed by atoms with Crippen molar-refractivity contribution in [1.29, 1.82) is 0 Å². The molecule has 0 fully saturated rings. The second kappa shape index (κ2) is 6.22. The zero-order valence-corrected chi connectivity index (χ0v) is 13.2. The van der Waals surface area contributed by atoms with Crippen molar-refractivity contribution in [2.45, 2.75) is 25.3 Å². The summed E-state index contributed by atoms with van der Waals surface area (Å²) < 4.78 is 0. The van der Waals surface area contributed by atoms with E-state index in [-0.39, 0.29) is 11.9 Å². The van der Waals surface area contributed by atoms with Gasteiger partial charge in [0, 0.05) is 31.4 Å². The Morgan fingerprint density at radius 2 is 1.73 bits per heavy atom. The molecular formula is C19H22N2O. The van der Waals surface area contributed by atoms with Gasteiger partial charge in [-0.15, -0.1) is 0 Å². The maximum absolute atomic E-state index is 12.4. The fourth-order valence-electron chi connectivity index (χ4n) is 3.00. The summed E-state index contributed by atoms with van der Waals surface area (Å²) >= 11 is 0. The third-order valence-electron chi connectivity index (χ3n) is 4.33. The number of carbonyl (C=O) groups excluding carboxylic acids is 1. The molecule has 1 amide bonds. The molecule has 0 saturated heterocycles. The second-order valence-corrected chi connectivity index (χ2v) is 6.12. The molecule has 1 atom stereocenters. The van der Waals surface area contributed by atoms with Crippen LogP contribution in [0.5, 0.6) is 0 Å². The van der Waals surface area contributed by atoms with E-state index in [4.69, 9.17) is 0 Å². The largest absolute Gasteiger partial charge is 0.378 e. The first-order valence-corrected chi connectivity index (χ1v) is 7.78. The van der Waals surface area contributed by atoms with Crippen molar-refractivity contribution in [3.63, 3.8) is 0 Å². The van der Waals surface area contributed by atoms with E-state index in [1.54, 1.807) is 0 Å². The van der Waals surface area contributed by atoms with Crippen LogP contribution in [0.25, 0.3) is 0 Å². The van der Waals surface area contributed by atoms with Gasteiger partial charge in [-0.3, -0.25) is 4.79 Å². The summed E-state index contributed by atoms with van der Waals surface area (Å²) in [5, 5.41) is 3.17. The molecule has 1 aliphatic rings. The fourth-order valence-corrected chi connectivity index (χ4v) is 3.00. The zero-order valence-electron chi connectivity index (χ0n) is 13.2. The van der Waals surface area contributed by atoms with E-state index in [2.05, 4.69) is 29.6 Å². The molecule has 0 heterocycles. The summed E-state index contributed by atoms with van der Waals surface area (Å²) in [6, 6.07) is 16.5. The van der Waals surface area contributed by atoms with Crippen LogP contribution in [0.15, 0.2) is 48.5 Å². The molecule has 3 heteroatoms. The molecule has 22 heavy (non-hydrogen) atoms. The van der Waals surface area contributed by atoms with E-state index < -0.39 is 0 Å². The van der Waals surface area contributed by atoms with Crippen LogP contribution < -0.4 is 10.2 Å². The maximum Gasteiger partial charge on any atom is 0.251 e. The predicted molar refractivity (Wildman–Crippen MR) is 90.5 cm³/mol. The third kappa shape index (κ3) is 3.14. The number of nitrogens with zero attached hydrogens (tertiary/aromatic N) is 1. The lowest BCUT2D eigenvalue weighted by Crippen LogP contribution is -2.38. The van der Waals surface area contributed by atoms with Crippen LogP contribution in [0.4, 0.5) is 5.69 Å². The van der Waals surface area contributed by atoms with Crippen molar-refractivity contribution in [2.24, 2.45) is 0 Å². The van der Waals surface area contributed by atoms with Crippen molar-refractivity contribution < 1.29 is 4.79 Å². The Morgan fingerprint density at radius 3 is 2.41 bits per heavy atom. The molecule has 0 bridgehead atoms. The highest BCUT2D eigenvalue weighted by atomic mass is 16.1. The molecule has 3 rings (SSSR count). The average molecular weight is 294 g/mol. The number of rotatable bonds is 3. The van der Waals surface area contributed by atoms with Gasteiger partial charge in [-0.25, -0.2) is 0 Å². The van der Waals surface area contributed by atoms with Crippen molar-refractivity contribution in [1.82, 2.24) is 5.32 Å². The number of fused-ring (bicyclic) bond motifs is 1. The lowest BCUT2D eigenvalue weighted by atomic mass is 9.88. The molecule has 1 N–H and O–H groups in total. The summed E-state index contributed by atoms with van der Waals surface area (Å²) in [4.78, 5) is 14.4. The van der Waals surface area contributed by atoms with Crippen LogP contribution in [0.1, 0.15) is 27.9 Å². The Morgan fingerprint density at radius 1 is 1.05 bits per heavy atom. The van der Waals surface area contributed by atoms with E-state index in [9.17, 15) is 4.79 Å². The van der Waals surface area contributed by atoms with Gasteiger partial charge >= 0.3 is 0 Å². The Bertz CT molecular complexity index is 661. The fraction of sp³-hybridized carbons (Fsp3) is 0.316. The lowest BCUT2D eigenvalue weighted by Gasteiger charge is -2.25. The average Bonchev–Trinajstić information content (AvgIpc) is 2.55. The van der Waals surface area contributed by atoms with Crippen LogP contribution in [-0.2, 0) is 12.8 Å². The van der Waals surface area contributed by atoms with Gasteiger partial charge in [0.2, 0.25) is 0 Å². The van der Waals surface area contributed by atoms with Gasteiger partial charge in [-0.2, -0.15) is 0 Å². The van der Waals surface area contributed by atoms with Gasteiger partial charge in [-0.1, -0.05) is 24.3 Å². The highest BCUT2D eigenvalue weighted by molar-refractivity contribution is 5.94. The summed E-state index contributed by atoms with van der Waals surface area (Å²) in [5.41, 5.74) is 4.61. The molecule has 0 spiro atoms. The van der Waals surface area contributed by atoms with Crippen LogP contribution in [-0.4, -0.2) is 26.0 Å². The first-order valence-electron chi connectivity index (χ1n) is 7.78. The Hall–Kier alpha value is -2.29. The molecule has 0 aliphatic heterocycles.